The molecule has 1 aliphatic carbocycles. The molecule has 2 aromatic rings. The maximum Gasteiger partial charge on any atom is 0.223 e. The van der Waals surface area contributed by atoms with E-state index in [1.807, 2.05) is 12.1 Å². The van der Waals surface area contributed by atoms with Crippen molar-refractivity contribution < 1.29 is 14.0 Å². The molecule has 0 aromatic heterocycles. The first kappa shape index (κ1) is 22.7. The molecule has 0 aliphatic heterocycles. The summed E-state index contributed by atoms with van der Waals surface area (Å²) in [5, 5.41) is 10.3. The number of nitrogens with one attached hydrogen (secondary N) is 2. The van der Waals surface area contributed by atoms with Crippen LogP contribution >= 0.6 is 0 Å². The number of rotatable bonds is 8. The summed E-state index contributed by atoms with van der Waals surface area (Å²) >= 11 is 0. The summed E-state index contributed by atoms with van der Waals surface area (Å²) in [6, 6.07) is 13.3. The number of aryl methyl sites for hydroxylation is 1. The Balaban J connectivity index is 1.49. The summed E-state index contributed by atoms with van der Waals surface area (Å²) in [7, 11) is 0. The van der Waals surface area contributed by atoms with E-state index in [9.17, 15) is 14.0 Å². The maximum absolute atomic E-state index is 13.2. The number of hydrogen-bond acceptors (Lipinski definition) is 3. The van der Waals surface area contributed by atoms with E-state index in [0.29, 0.717) is 18.4 Å². The first-order chi connectivity index (χ1) is 14.8. The lowest BCUT2D eigenvalue weighted by atomic mass is 9.77. The molecule has 6 heteroatoms. The maximum atomic E-state index is 13.2. The molecule has 5 nitrogen and oxygen atoms in total. The highest BCUT2D eigenvalue weighted by Gasteiger charge is 2.29. The lowest BCUT2D eigenvalue weighted by Gasteiger charge is -2.29. The second-order valence-corrected chi connectivity index (χ2v) is 8.42. The number of amides is 1. The first-order valence-electron chi connectivity index (χ1n) is 10.9. The number of ketones is 1. The highest BCUT2D eigenvalue weighted by atomic mass is 19.1. The van der Waals surface area contributed by atoms with Gasteiger partial charge in [0.05, 0.1) is 6.04 Å². The van der Waals surface area contributed by atoms with Crippen LogP contribution in [-0.4, -0.2) is 23.6 Å². The monoisotopic (exact) mass is 423 g/mol. The Labute approximate surface area is 182 Å². The highest BCUT2D eigenvalue weighted by molar-refractivity contribution is 5.95. The van der Waals surface area contributed by atoms with Crippen LogP contribution in [0, 0.1) is 17.1 Å². The summed E-state index contributed by atoms with van der Waals surface area (Å²) < 4.78 is 13.2. The molecule has 1 saturated carbocycles. The van der Waals surface area contributed by atoms with E-state index in [2.05, 4.69) is 5.32 Å². The second-order valence-electron chi connectivity index (χ2n) is 8.42. The van der Waals surface area contributed by atoms with E-state index in [-0.39, 0.29) is 35.2 Å². The van der Waals surface area contributed by atoms with Crippen molar-refractivity contribution in [3.63, 3.8) is 0 Å². The largest absolute Gasteiger partial charge is 0.384 e. The fourth-order valence-electron chi connectivity index (χ4n) is 4.21. The van der Waals surface area contributed by atoms with E-state index >= 15 is 0 Å². The van der Waals surface area contributed by atoms with Gasteiger partial charge in [-0.1, -0.05) is 42.8 Å². The smallest absolute Gasteiger partial charge is 0.223 e. The van der Waals surface area contributed by atoms with Crippen molar-refractivity contribution in [2.24, 2.45) is 11.7 Å². The molecule has 1 fully saturated rings. The van der Waals surface area contributed by atoms with Gasteiger partial charge in [-0.05, 0) is 61.8 Å². The zero-order valence-corrected chi connectivity index (χ0v) is 17.9. The Kier molecular flexibility index (Phi) is 7.55. The molecule has 0 spiro atoms. The Hall–Kier alpha value is -3.02. The van der Waals surface area contributed by atoms with Crippen LogP contribution < -0.4 is 11.1 Å². The molecular formula is C25H30FN3O2. The Morgan fingerprint density at radius 1 is 1.13 bits per heavy atom. The van der Waals surface area contributed by atoms with Gasteiger partial charge >= 0.3 is 0 Å². The topological polar surface area (TPSA) is 96.0 Å². The third-order valence-corrected chi connectivity index (χ3v) is 6.15. The van der Waals surface area contributed by atoms with Crippen molar-refractivity contribution in [2.45, 2.75) is 57.4 Å². The van der Waals surface area contributed by atoms with E-state index < -0.39 is 6.04 Å². The molecule has 0 saturated heterocycles. The van der Waals surface area contributed by atoms with Crippen LogP contribution in [0.25, 0.3) is 0 Å². The van der Waals surface area contributed by atoms with Gasteiger partial charge in [0, 0.05) is 17.9 Å². The van der Waals surface area contributed by atoms with E-state index in [1.165, 1.54) is 12.1 Å². The molecule has 31 heavy (non-hydrogen) atoms. The van der Waals surface area contributed by atoms with Crippen LogP contribution in [0.3, 0.4) is 0 Å². The minimum absolute atomic E-state index is 0.00473. The third kappa shape index (κ3) is 6.23. The quantitative estimate of drug-likeness (QED) is 0.441. The lowest BCUT2D eigenvalue weighted by molar-refractivity contribution is -0.130. The highest BCUT2D eigenvalue weighted by Crippen LogP contribution is 2.36. The molecule has 2 aromatic carbocycles. The summed E-state index contributed by atoms with van der Waals surface area (Å²) in [5.41, 5.74) is 8.17. The van der Waals surface area contributed by atoms with Crippen molar-refractivity contribution in [3.8, 4) is 0 Å². The molecule has 1 aliphatic rings. The van der Waals surface area contributed by atoms with Gasteiger partial charge < -0.3 is 11.1 Å². The minimum Gasteiger partial charge on any atom is -0.384 e. The second kappa shape index (κ2) is 10.3. The molecule has 0 unspecified atom stereocenters. The van der Waals surface area contributed by atoms with Gasteiger partial charge in [0.2, 0.25) is 5.91 Å². The number of nitrogens with two attached hydrogens (primary N) is 1. The standard InChI is InChI=1S/C25H30FN3O2/c1-16(23(30)14-7-17-5-8-19(9-6-17)24(27)28)29-25(31)21-4-2-3-20(15-21)18-10-12-22(26)13-11-18/h5-6,8-13,16,20-21H,2-4,7,14-15H2,1H3,(H3,27,28)(H,29,31)/t16-,20-,21+/m0/s1. The van der Waals surface area contributed by atoms with Gasteiger partial charge in [-0.25, -0.2) is 4.39 Å². The van der Waals surface area contributed by atoms with Crippen LogP contribution in [0.5, 0.6) is 0 Å². The number of carbonyl (C=O) groups is 2. The van der Waals surface area contributed by atoms with Crippen LogP contribution in [0.15, 0.2) is 48.5 Å². The SMILES string of the molecule is C[C@H](NC(=O)[C@@H]1CCC[C@H](c2ccc(F)cc2)C1)C(=O)CCc1ccc(C(=N)N)cc1. The Morgan fingerprint density at radius 2 is 1.81 bits per heavy atom. The summed E-state index contributed by atoms with van der Waals surface area (Å²) in [6.07, 6.45) is 4.38. The van der Waals surface area contributed by atoms with Crippen LogP contribution in [0.2, 0.25) is 0 Å². The molecule has 0 bridgehead atoms. The average Bonchev–Trinajstić information content (AvgIpc) is 2.78. The van der Waals surface area contributed by atoms with E-state index in [4.69, 9.17) is 11.1 Å². The summed E-state index contributed by atoms with van der Waals surface area (Å²) in [5.74, 6) is -0.194. The molecule has 164 valence electrons. The third-order valence-electron chi connectivity index (χ3n) is 6.15. The lowest BCUT2D eigenvalue weighted by Crippen LogP contribution is -2.42. The van der Waals surface area contributed by atoms with Crippen molar-refractivity contribution in [3.05, 3.63) is 71.0 Å². The minimum atomic E-state index is -0.532. The van der Waals surface area contributed by atoms with Crippen LogP contribution in [0.1, 0.15) is 61.6 Å². The normalized spacial score (nSPS) is 19.4. The van der Waals surface area contributed by atoms with Gasteiger partial charge in [0.25, 0.3) is 0 Å². The summed E-state index contributed by atoms with van der Waals surface area (Å²) in [6.45, 7) is 1.74. The molecule has 1 amide bonds. The van der Waals surface area contributed by atoms with E-state index in [1.54, 1.807) is 31.2 Å². The van der Waals surface area contributed by atoms with Gasteiger partial charge in [0.15, 0.2) is 5.78 Å². The van der Waals surface area contributed by atoms with Crippen LogP contribution in [0.4, 0.5) is 4.39 Å². The molecule has 0 heterocycles. The van der Waals surface area contributed by atoms with Gasteiger partial charge in [-0.3, -0.25) is 15.0 Å². The number of halogens is 1. The Bertz CT molecular complexity index is 925. The van der Waals surface area contributed by atoms with E-state index in [0.717, 1.165) is 36.8 Å². The molecule has 0 radical (unpaired) electrons. The number of hydrogen-bond donors (Lipinski definition) is 3. The fourth-order valence-corrected chi connectivity index (χ4v) is 4.21. The molecule has 3 atom stereocenters. The number of Topliss-reactive ketones (excluding diaryl/α,β-unsaturated/α-hetero) is 1. The molecule has 4 N–H and O–H groups in total. The summed E-state index contributed by atoms with van der Waals surface area (Å²) in [4.78, 5) is 25.3. The number of amidine groups is 1. The number of benzene rings is 2. The molecule has 3 rings (SSSR count). The van der Waals surface area contributed by atoms with Gasteiger partial charge in [-0.2, -0.15) is 0 Å². The predicted octanol–water partition coefficient (Wildman–Crippen LogP) is 4.09. The first-order valence-corrected chi connectivity index (χ1v) is 10.9. The Morgan fingerprint density at radius 3 is 2.45 bits per heavy atom. The van der Waals surface area contributed by atoms with Crippen molar-refractivity contribution in [2.75, 3.05) is 0 Å². The van der Waals surface area contributed by atoms with Crippen molar-refractivity contribution in [1.29, 1.82) is 5.41 Å². The van der Waals surface area contributed by atoms with Crippen LogP contribution in [-0.2, 0) is 16.0 Å². The number of carbonyl (C=O) groups excluding carboxylic acids is 2. The van der Waals surface area contributed by atoms with Crippen molar-refractivity contribution in [1.82, 2.24) is 5.32 Å². The molecular weight excluding hydrogens is 393 g/mol. The predicted molar refractivity (Wildman–Crippen MR) is 119 cm³/mol. The zero-order chi connectivity index (χ0) is 22.4. The van der Waals surface area contributed by atoms with Crippen molar-refractivity contribution >= 4 is 17.5 Å². The zero-order valence-electron chi connectivity index (χ0n) is 17.9. The fraction of sp³-hybridized carbons (Fsp3) is 0.400. The van der Waals surface area contributed by atoms with Gasteiger partial charge in [-0.15, -0.1) is 0 Å². The average molecular weight is 424 g/mol. The van der Waals surface area contributed by atoms with Gasteiger partial charge in [0.1, 0.15) is 11.7 Å². The number of nitrogen functional groups attached to an aromatic ring is 1.